The summed E-state index contributed by atoms with van der Waals surface area (Å²) in [6.45, 7) is -0.625. The van der Waals surface area contributed by atoms with Crippen LogP contribution < -0.4 is 24.8 Å². The average molecular weight is 402 g/mol. The zero-order chi connectivity index (χ0) is 20.3. The number of urea groups is 1. The van der Waals surface area contributed by atoms with Gasteiger partial charge < -0.3 is 24.7 Å². The Labute approximate surface area is 164 Å². The van der Waals surface area contributed by atoms with Crippen molar-refractivity contribution < 1.29 is 29.0 Å². The Morgan fingerprint density at radius 3 is 2.68 bits per heavy atom. The number of nitrogens with zero attached hydrogens (tertiary/aromatic N) is 1. The van der Waals surface area contributed by atoms with E-state index in [0.717, 1.165) is 4.90 Å². The van der Waals surface area contributed by atoms with Crippen LogP contribution in [0, 0.1) is 0 Å². The molecule has 2 aromatic carbocycles. The van der Waals surface area contributed by atoms with E-state index in [9.17, 15) is 19.5 Å². The first kappa shape index (κ1) is 19.2. The molecule has 3 rings (SSSR count). The molecule has 0 saturated carbocycles. The highest BCUT2D eigenvalue weighted by atomic mass is 35.5. The Bertz CT molecular complexity index is 988. The van der Waals surface area contributed by atoms with Crippen LogP contribution in [0.3, 0.4) is 0 Å². The van der Waals surface area contributed by atoms with Gasteiger partial charge in [0, 0.05) is 5.02 Å². The molecule has 0 aromatic heterocycles. The normalized spacial score (nSPS) is 14.9. The summed E-state index contributed by atoms with van der Waals surface area (Å²) in [5.41, 5.74) is 0.951. The second-order valence-electron chi connectivity index (χ2n) is 5.68. The van der Waals surface area contributed by atoms with Gasteiger partial charge in [0.1, 0.15) is 12.3 Å². The lowest BCUT2D eigenvalue weighted by Crippen LogP contribution is -2.30. The largest absolute Gasteiger partial charge is 0.546 e. The number of imide groups is 1. The van der Waals surface area contributed by atoms with Crippen LogP contribution >= 0.6 is 11.6 Å². The van der Waals surface area contributed by atoms with Crippen molar-refractivity contribution in [2.45, 2.75) is 0 Å². The minimum Gasteiger partial charge on any atom is -0.546 e. The van der Waals surface area contributed by atoms with Gasteiger partial charge in [0.15, 0.2) is 11.5 Å². The van der Waals surface area contributed by atoms with Crippen molar-refractivity contribution in [2.24, 2.45) is 0 Å². The maximum Gasteiger partial charge on any atom is 0.333 e. The van der Waals surface area contributed by atoms with Crippen molar-refractivity contribution >= 4 is 41.3 Å². The Kier molecular flexibility index (Phi) is 5.51. The fraction of sp³-hybridized carbons (Fsp3) is 0.105. The topological polar surface area (TPSA) is 108 Å². The van der Waals surface area contributed by atoms with Crippen LogP contribution in [0.15, 0.2) is 48.2 Å². The molecule has 0 spiro atoms. The predicted molar refractivity (Wildman–Crippen MR) is 98.9 cm³/mol. The third-order valence-corrected chi connectivity index (χ3v) is 4.02. The number of hydrogen-bond donors (Lipinski definition) is 1. The van der Waals surface area contributed by atoms with Gasteiger partial charge in [-0.15, -0.1) is 0 Å². The first-order chi connectivity index (χ1) is 13.4. The number of amides is 3. The van der Waals surface area contributed by atoms with Gasteiger partial charge in [-0.25, -0.2) is 9.69 Å². The number of methoxy groups -OCH3 is 1. The summed E-state index contributed by atoms with van der Waals surface area (Å²) < 4.78 is 10.2. The second kappa shape index (κ2) is 8.01. The minimum absolute atomic E-state index is 0.0652. The fourth-order valence-electron chi connectivity index (χ4n) is 2.58. The van der Waals surface area contributed by atoms with E-state index in [-0.39, 0.29) is 17.2 Å². The van der Waals surface area contributed by atoms with Gasteiger partial charge in [0.2, 0.25) is 0 Å². The Balaban J connectivity index is 1.86. The van der Waals surface area contributed by atoms with Crippen LogP contribution in [0.2, 0.25) is 5.02 Å². The summed E-state index contributed by atoms with van der Waals surface area (Å²) in [7, 11) is 1.39. The molecule has 144 valence electrons. The zero-order valence-electron chi connectivity index (χ0n) is 14.6. The van der Waals surface area contributed by atoms with E-state index in [0.29, 0.717) is 16.3 Å². The highest BCUT2D eigenvalue weighted by Crippen LogP contribution is 2.30. The summed E-state index contributed by atoms with van der Waals surface area (Å²) in [5.74, 6) is -1.44. The SMILES string of the molecule is COc1cc(/C=C2/NC(=O)N(c3cccc(Cl)c3)C2=O)ccc1OCC(=O)[O-]. The summed E-state index contributed by atoms with van der Waals surface area (Å²) in [5, 5.41) is 13.4. The molecule has 2 aromatic rings. The van der Waals surface area contributed by atoms with Crippen LogP contribution in [-0.2, 0) is 9.59 Å². The molecule has 28 heavy (non-hydrogen) atoms. The minimum atomic E-state index is -1.37. The molecule has 1 fully saturated rings. The smallest absolute Gasteiger partial charge is 0.333 e. The van der Waals surface area contributed by atoms with Crippen molar-refractivity contribution in [3.05, 3.63) is 58.7 Å². The maximum atomic E-state index is 12.6. The highest BCUT2D eigenvalue weighted by Gasteiger charge is 2.34. The monoisotopic (exact) mass is 401 g/mol. The molecule has 0 unspecified atom stereocenters. The lowest BCUT2D eigenvalue weighted by Gasteiger charge is -2.12. The molecular formula is C19H14ClN2O6-. The number of halogens is 1. The molecule has 3 amide bonds. The van der Waals surface area contributed by atoms with Gasteiger partial charge >= 0.3 is 6.03 Å². The van der Waals surface area contributed by atoms with E-state index in [2.05, 4.69) is 5.32 Å². The van der Waals surface area contributed by atoms with Gasteiger partial charge in [-0.3, -0.25) is 4.79 Å². The molecular weight excluding hydrogens is 388 g/mol. The number of aliphatic carboxylic acids is 1. The molecule has 1 N–H and O–H groups in total. The van der Waals surface area contributed by atoms with Gasteiger partial charge in [-0.05, 0) is 42.0 Å². The van der Waals surface area contributed by atoms with Crippen LogP contribution in [0.5, 0.6) is 11.5 Å². The van der Waals surface area contributed by atoms with E-state index >= 15 is 0 Å². The molecule has 0 bridgehead atoms. The number of carboxylic acid groups (broad SMARTS) is 1. The molecule has 0 atom stereocenters. The van der Waals surface area contributed by atoms with Crippen LogP contribution in [0.1, 0.15) is 5.56 Å². The van der Waals surface area contributed by atoms with Gasteiger partial charge in [-0.2, -0.15) is 0 Å². The molecule has 0 aliphatic carbocycles. The third-order valence-electron chi connectivity index (χ3n) is 3.79. The quantitative estimate of drug-likeness (QED) is 0.581. The zero-order valence-corrected chi connectivity index (χ0v) is 15.4. The standard InChI is InChI=1S/C19H15ClN2O6/c1-27-16-8-11(5-6-15(16)28-10-17(23)24)7-14-18(25)22(19(26)21-14)13-4-2-3-12(20)9-13/h2-9H,10H2,1H3,(H,21,26)(H,23,24)/p-1/b14-7+. The number of nitrogens with one attached hydrogen (secondary N) is 1. The van der Waals surface area contributed by atoms with E-state index in [1.165, 1.54) is 25.3 Å². The average Bonchev–Trinajstić information content (AvgIpc) is 2.93. The van der Waals surface area contributed by atoms with Crippen molar-refractivity contribution in [1.29, 1.82) is 0 Å². The number of benzene rings is 2. The second-order valence-corrected chi connectivity index (χ2v) is 6.12. The number of rotatable bonds is 6. The molecule has 1 saturated heterocycles. The lowest BCUT2D eigenvalue weighted by atomic mass is 10.1. The van der Waals surface area contributed by atoms with Crippen molar-refractivity contribution in [3.63, 3.8) is 0 Å². The summed E-state index contributed by atoms with van der Waals surface area (Å²) >= 11 is 5.93. The number of ether oxygens (including phenoxy) is 2. The Morgan fingerprint density at radius 1 is 1.21 bits per heavy atom. The van der Waals surface area contributed by atoms with E-state index in [1.807, 2.05) is 0 Å². The molecule has 8 nitrogen and oxygen atoms in total. The van der Waals surface area contributed by atoms with Crippen molar-refractivity contribution in [2.75, 3.05) is 18.6 Å². The van der Waals surface area contributed by atoms with Crippen LogP contribution in [0.4, 0.5) is 10.5 Å². The van der Waals surface area contributed by atoms with E-state index in [1.54, 1.807) is 30.3 Å². The number of carbonyl (C=O) groups is 3. The molecule has 1 aliphatic heterocycles. The van der Waals surface area contributed by atoms with Gasteiger partial charge in [0.25, 0.3) is 5.91 Å². The Hall–Kier alpha value is -3.52. The summed E-state index contributed by atoms with van der Waals surface area (Å²) in [6.07, 6.45) is 1.47. The summed E-state index contributed by atoms with van der Waals surface area (Å²) in [6, 6.07) is 10.4. The lowest BCUT2D eigenvalue weighted by molar-refractivity contribution is -0.307. The van der Waals surface area contributed by atoms with Gasteiger partial charge in [-0.1, -0.05) is 23.7 Å². The maximum absolute atomic E-state index is 12.6. The molecule has 9 heteroatoms. The van der Waals surface area contributed by atoms with Crippen molar-refractivity contribution in [3.8, 4) is 11.5 Å². The highest BCUT2D eigenvalue weighted by molar-refractivity contribution is 6.32. The Morgan fingerprint density at radius 2 is 2.00 bits per heavy atom. The van der Waals surface area contributed by atoms with Crippen LogP contribution in [0.25, 0.3) is 6.08 Å². The van der Waals surface area contributed by atoms with Crippen molar-refractivity contribution in [1.82, 2.24) is 5.32 Å². The summed E-state index contributed by atoms with van der Waals surface area (Å²) in [4.78, 5) is 36.4. The predicted octanol–water partition coefficient (Wildman–Crippen LogP) is 1.57. The van der Waals surface area contributed by atoms with Crippen LogP contribution in [-0.4, -0.2) is 31.6 Å². The molecule has 0 radical (unpaired) electrons. The fourth-order valence-corrected chi connectivity index (χ4v) is 2.77. The number of hydrogen-bond acceptors (Lipinski definition) is 6. The van der Waals surface area contributed by atoms with E-state index < -0.39 is 24.5 Å². The number of anilines is 1. The molecule has 1 heterocycles. The number of carbonyl (C=O) groups excluding carboxylic acids is 3. The van der Waals surface area contributed by atoms with Gasteiger partial charge in [0.05, 0.1) is 18.8 Å². The first-order valence-electron chi connectivity index (χ1n) is 8.02. The first-order valence-corrected chi connectivity index (χ1v) is 8.40. The number of carboxylic acids is 1. The third kappa shape index (κ3) is 4.07. The van der Waals surface area contributed by atoms with E-state index in [4.69, 9.17) is 21.1 Å². The molecule has 1 aliphatic rings.